The third-order valence-corrected chi connectivity index (χ3v) is 7.93. The van der Waals surface area contributed by atoms with E-state index in [1.54, 1.807) is 20.8 Å². The zero-order valence-electron chi connectivity index (χ0n) is 20.5. The SMILES string of the molecule is C=C(C1=C(C(=O)OCOC(=O)C(C)(C)C)N2C(=O)[C@@H](NC(=O)/C(=N\O)c3csc(N)n3)[C@@H]2SC1)C1CC1. The fourth-order valence-corrected chi connectivity index (χ4v) is 5.72. The molecule has 2 atom stereocenters. The normalized spacial score (nSPS) is 21.6. The number of nitrogen functional groups attached to an aromatic ring is 1. The quantitative estimate of drug-likeness (QED) is 0.108. The Labute approximate surface area is 220 Å². The molecule has 37 heavy (non-hydrogen) atoms. The number of fused-ring (bicyclic) bond motifs is 1. The van der Waals surface area contributed by atoms with Crippen molar-refractivity contribution >= 4 is 57.7 Å². The molecule has 0 unspecified atom stereocenters. The fraction of sp³-hybridized carbons (Fsp3) is 0.478. The minimum Gasteiger partial charge on any atom is -0.427 e. The predicted molar refractivity (Wildman–Crippen MR) is 135 cm³/mol. The number of rotatable bonds is 8. The van der Waals surface area contributed by atoms with Crippen LogP contribution in [0.25, 0.3) is 0 Å². The molecule has 1 aromatic heterocycles. The number of anilines is 1. The van der Waals surface area contributed by atoms with E-state index < -0.39 is 53.1 Å². The highest BCUT2D eigenvalue weighted by Crippen LogP contribution is 2.47. The van der Waals surface area contributed by atoms with E-state index in [1.807, 2.05) is 0 Å². The summed E-state index contributed by atoms with van der Waals surface area (Å²) in [5.41, 5.74) is 5.89. The molecule has 1 aromatic rings. The molecule has 1 aliphatic carbocycles. The zero-order chi connectivity index (χ0) is 27.1. The molecule has 12 nitrogen and oxygen atoms in total. The Kier molecular flexibility index (Phi) is 7.33. The van der Waals surface area contributed by atoms with Crippen molar-refractivity contribution in [3.8, 4) is 0 Å². The summed E-state index contributed by atoms with van der Waals surface area (Å²) >= 11 is 2.43. The van der Waals surface area contributed by atoms with Gasteiger partial charge >= 0.3 is 11.9 Å². The second kappa shape index (κ2) is 10.2. The molecule has 2 amide bonds. The van der Waals surface area contributed by atoms with Gasteiger partial charge in [0.2, 0.25) is 6.79 Å². The molecular weight excluding hydrogens is 522 g/mol. The molecule has 14 heteroatoms. The maximum atomic E-state index is 13.2. The molecule has 2 fully saturated rings. The molecule has 0 aromatic carbocycles. The van der Waals surface area contributed by atoms with Gasteiger partial charge in [-0.1, -0.05) is 11.7 Å². The smallest absolute Gasteiger partial charge is 0.358 e. The Morgan fingerprint density at radius 3 is 2.59 bits per heavy atom. The van der Waals surface area contributed by atoms with Gasteiger partial charge in [-0.2, -0.15) is 0 Å². The van der Waals surface area contributed by atoms with Gasteiger partial charge in [0.1, 0.15) is 22.8 Å². The van der Waals surface area contributed by atoms with Gasteiger partial charge in [0, 0.05) is 11.1 Å². The Morgan fingerprint density at radius 2 is 2.03 bits per heavy atom. The second-order valence-electron chi connectivity index (χ2n) is 9.74. The van der Waals surface area contributed by atoms with Crippen molar-refractivity contribution in [1.29, 1.82) is 0 Å². The van der Waals surface area contributed by atoms with Gasteiger partial charge in [0.25, 0.3) is 11.8 Å². The zero-order valence-corrected chi connectivity index (χ0v) is 22.1. The van der Waals surface area contributed by atoms with Crippen LogP contribution < -0.4 is 11.1 Å². The van der Waals surface area contributed by atoms with E-state index >= 15 is 0 Å². The molecule has 198 valence electrons. The summed E-state index contributed by atoms with van der Waals surface area (Å²) in [5.74, 6) is -2.12. The number of nitrogens with two attached hydrogens (primary N) is 1. The van der Waals surface area contributed by atoms with Crippen LogP contribution in [0.1, 0.15) is 39.3 Å². The van der Waals surface area contributed by atoms with Gasteiger partial charge < -0.3 is 25.7 Å². The van der Waals surface area contributed by atoms with Crippen LogP contribution >= 0.6 is 23.1 Å². The Hall–Kier alpha value is -3.39. The Balaban J connectivity index is 1.50. The number of hydrogen-bond acceptors (Lipinski definition) is 12. The number of allylic oxidation sites excluding steroid dienone is 1. The number of thiazole rings is 1. The summed E-state index contributed by atoms with van der Waals surface area (Å²) in [7, 11) is 0. The molecule has 1 saturated heterocycles. The van der Waals surface area contributed by atoms with E-state index in [4.69, 9.17) is 15.2 Å². The minimum atomic E-state index is -0.984. The number of aromatic nitrogens is 1. The third-order valence-electron chi connectivity index (χ3n) is 5.98. The Bertz CT molecular complexity index is 1230. The molecule has 3 aliphatic rings. The van der Waals surface area contributed by atoms with E-state index in [-0.39, 0.29) is 22.4 Å². The highest BCUT2D eigenvalue weighted by molar-refractivity contribution is 8.00. The molecule has 0 radical (unpaired) electrons. The number of carbonyl (C=O) groups is 4. The number of oxime groups is 1. The summed E-state index contributed by atoms with van der Waals surface area (Å²) in [6.07, 6.45) is 1.89. The van der Waals surface area contributed by atoms with E-state index in [2.05, 4.69) is 22.0 Å². The number of hydrogen-bond donors (Lipinski definition) is 3. The van der Waals surface area contributed by atoms with Crippen molar-refractivity contribution in [3.63, 3.8) is 0 Å². The number of carbonyl (C=O) groups excluding carboxylic acids is 4. The van der Waals surface area contributed by atoms with Crippen molar-refractivity contribution in [1.82, 2.24) is 15.2 Å². The lowest BCUT2D eigenvalue weighted by Crippen LogP contribution is -2.71. The van der Waals surface area contributed by atoms with E-state index in [9.17, 15) is 24.4 Å². The number of nitrogens with zero attached hydrogens (tertiary/aromatic N) is 3. The topological polar surface area (TPSA) is 174 Å². The molecule has 3 heterocycles. The molecule has 4 rings (SSSR count). The van der Waals surface area contributed by atoms with Crippen LogP contribution in [0.5, 0.6) is 0 Å². The first-order chi connectivity index (χ1) is 17.4. The minimum absolute atomic E-state index is 0.0336. The maximum Gasteiger partial charge on any atom is 0.358 e. The van der Waals surface area contributed by atoms with Gasteiger partial charge in [0.05, 0.1) is 5.41 Å². The summed E-state index contributed by atoms with van der Waals surface area (Å²) in [6, 6.07) is -0.984. The lowest BCUT2D eigenvalue weighted by atomic mass is 9.97. The number of amides is 2. The van der Waals surface area contributed by atoms with E-state index in [0.29, 0.717) is 11.3 Å². The third kappa shape index (κ3) is 5.34. The molecule has 4 N–H and O–H groups in total. The second-order valence-corrected chi connectivity index (χ2v) is 11.7. The van der Waals surface area contributed by atoms with Crippen molar-refractivity contribution in [3.05, 3.63) is 34.5 Å². The molecule has 0 bridgehead atoms. The average Bonchev–Trinajstić information content (AvgIpc) is 3.61. The van der Waals surface area contributed by atoms with E-state index in [0.717, 1.165) is 29.8 Å². The first-order valence-electron chi connectivity index (χ1n) is 11.4. The number of β-lactam (4-membered cyclic amide) rings is 1. The summed E-state index contributed by atoms with van der Waals surface area (Å²) in [5, 5.41) is 15.9. The van der Waals surface area contributed by atoms with Crippen molar-refractivity contribution in [2.75, 3.05) is 18.3 Å². The first-order valence-corrected chi connectivity index (χ1v) is 13.3. The largest absolute Gasteiger partial charge is 0.427 e. The highest BCUT2D eigenvalue weighted by Gasteiger charge is 2.55. The summed E-state index contributed by atoms with van der Waals surface area (Å²) in [4.78, 5) is 56.3. The average molecular weight is 550 g/mol. The van der Waals surface area contributed by atoms with Crippen LogP contribution in [0.2, 0.25) is 0 Å². The highest BCUT2D eigenvalue weighted by atomic mass is 32.2. The van der Waals surface area contributed by atoms with Crippen LogP contribution in [0.15, 0.2) is 34.0 Å². The lowest BCUT2D eigenvalue weighted by molar-refractivity contribution is -0.173. The van der Waals surface area contributed by atoms with Gasteiger partial charge in [-0.3, -0.25) is 19.3 Å². The van der Waals surface area contributed by atoms with E-state index in [1.165, 1.54) is 22.0 Å². The van der Waals surface area contributed by atoms with Crippen LogP contribution in [0.3, 0.4) is 0 Å². The molecular formula is C23H27N5O7S2. The predicted octanol–water partition coefficient (Wildman–Crippen LogP) is 1.61. The van der Waals surface area contributed by atoms with Crippen LogP contribution in [0.4, 0.5) is 5.13 Å². The van der Waals surface area contributed by atoms with Crippen LogP contribution in [-0.2, 0) is 28.7 Å². The number of thioether (sulfide) groups is 1. The van der Waals surface area contributed by atoms with Crippen LogP contribution in [-0.4, -0.2) is 68.5 Å². The number of ether oxygens (including phenoxy) is 2. The number of esters is 2. The monoisotopic (exact) mass is 549 g/mol. The van der Waals surface area contributed by atoms with Gasteiger partial charge in [-0.15, -0.1) is 23.1 Å². The lowest BCUT2D eigenvalue weighted by Gasteiger charge is -2.49. The Morgan fingerprint density at radius 1 is 1.32 bits per heavy atom. The molecule has 1 saturated carbocycles. The fourth-order valence-electron chi connectivity index (χ4n) is 3.77. The summed E-state index contributed by atoms with van der Waals surface area (Å²) in [6.45, 7) is 8.54. The van der Waals surface area contributed by atoms with Crippen molar-refractivity contribution in [2.45, 2.75) is 45.0 Å². The van der Waals surface area contributed by atoms with Gasteiger partial charge in [-0.05, 0) is 50.7 Å². The van der Waals surface area contributed by atoms with Gasteiger partial charge in [-0.25, -0.2) is 9.78 Å². The van der Waals surface area contributed by atoms with Crippen molar-refractivity contribution in [2.24, 2.45) is 16.5 Å². The van der Waals surface area contributed by atoms with Crippen LogP contribution in [0, 0.1) is 11.3 Å². The van der Waals surface area contributed by atoms with Crippen molar-refractivity contribution < 1.29 is 33.9 Å². The van der Waals surface area contributed by atoms with Gasteiger partial charge in [0.15, 0.2) is 10.8 Å². The number of nitrogens with one attached hydrogen (secondary N) is 1. The first kappa shape index (κ1) is 26.7. The standard InChI is InChI=1S/C23H27N5O7S2/c1-10(11-5-6-11)12-7-36-19-15(26-17(29)14(27-33)13-8-37-22(24)25-13)18(30)28(19)16(12)20(31)34-9-35-21(32)23(2,3)4/h8,11,15,19,33H,1,5-7,9H2,2-4H3,(H2,24,25)(H,26,29)/b27-14-/t15-,19+/m1/s1. The molecule has 0 spiro atoms. The summed E-state index contributed by atoms with van der Waals surface area (Å²) < 4.78 is 10.3. The maximum absolute atomic E-state index is 13.2. The molecule has 2 aliphatic heterocycles.